The first-order valence-electron chi connectivity index (χ1n) is 6.57. The Morgan fingerprint density at radius 1 is 1.25 bits per heavy atom. The fourth-order valence-electron chi connectivity index (χ4n) is 2.15. The molecular formula is C15H16N4O. The minimum Gasteiger partial charge on any atom is -0.441 e. The van der Waals surface area contributed by atoms with E-state index in [-0.39, 0.29) is 6.04 Å². The van der Waals surface area contributed by atoms with Gasteiger partial charge in [0.25, 0.3) is 0 Å². The van der Waals surface area contributed by atoms with E-state index in [1.165, 1.54) is 0 Å². The van der Waals surface area contributed by atoms with E-state index in [2.05, 4.69) is 15.0 Å². The van der Waals surface area contributed by atoms with E-state index >= 15 is 0 Å². The van der Waals surface area contributed by atoms with Crippen molar-refractivity contribution in [1.29, 1.82) is 0 Å². The third-order valence-electron chi connectivity index (χ3n) is 3.00. The SMILES string of the molecule is Cc1nc2ccc(-c3ccnc(CC(C)N)n3)cc2o1. The molecule has 0 bridgehead atoms. The smallest absolute Gasteiger partial charge is 0.192 e. The molecule has 3 rings (SSSR count). The van der Waals surface area contributed by atoms with Gasteiger partial charge in [-0.3, -0.25) is 0 Å². The Labute approximate surface area is 116 Å². The van der Waals surface area contributed by atoms with Gasteiger partial charge in [-0.15, -0.1) is 0 Å². The number of rotatable bonds is 3. The van der Waals surface area contributed by atoms with Crippen molar-refractivity contribution in [1.82, 2.24) is 15.0 Å². The van der Waals surface area contributed by atoms with E-state index in [4.69, 9.17) is 10.2 Å². The van der Waals surface area contributed by atoms with Gasteiger partial charge < -0.3 is 10.2 Å². The van der Waals surface area contributed by atoms with Gasteiger partial charge in [0.15, 0.2) is 11.5 Å². The maximum absolute atomic E-state index is 5.79. The van der Waals surface area contributed by atoms with Crippen molar-refractivity contribution in [3.8, 4) is 11.3 Å². The summed E-state index contributed by atoms with van der Waals surface area (Å²) in [5.41, 5.74) is 9.27. The highest BCUT2D eigenvalue weighted by molar-refractivity contribution is 5.79. The second-order valence-electron chi connectivity index (χ2n) is 4.95. The zero-order valence-corrected chi connectivity index (χ0v) is 11.5. The lowest BCUT2D eigenvalue weighted by Gasteiger charge is -2.06. The molecule has 0 radical (unpaired) electrons. The first-order valence-corrected chi connectivity index (χ1v) is 6.57. The average molecular weight is 268 g/mol. The van der Waals surface area contributed by atoms with E-state index < -0.39 is 0 Å². The van der Waals surface area contributed by atoms with Gasteiger partial charge in [0.05, 0.1) is 5.69 Å². The van der Waals surface area contributed by atoms with Crippen LogP contribution in [0.3, 0.4) is 0 Å². The van der Waals surface area contributed by atoms with Crippen LogP contribution >= 0.6 is 0 Å². The van der Waals surface area contributed by atoms with Crippen molar-refractivity contribution in [2.24, 2.45) is 5.73 Å². The molecule has 2 N–H and O–H groups in total. The number of hydrogen-bond donors (Lipinski definition) is 1. The summed E-state index contributed by atoms with van der Waals surface area (Å²) in [5, 5.41) is 0. The molecule has 0 fully saturated rings. The van der Waals surface area contributed by atoms with Crippen molar-refractivity contribution < 1.29 is 4.42 Å². The monoisotopic (exact) mass is 268 g/mol. The Hall–Kier alpha value is -2.27. The summed E-state index contributed by atoms with van der Waals surface area (Å²) in [4.78, 5) is 13.1. The molecule has 2 aromatic heterocycles. The van der Waals surface area contributed by atoms with Crippen LogP contribution in [0.1, 0.15) is 18.6 Å². The third-order valence-corrected chi connectivity index (χ3v) is 3.00. The normalized spacial score (nSPS) is 12.8. The van der Waals surface area contributed by atoms with E-state index in [1.54, 1.807) is 6.20 Å². The summed E-state index contributed by atoms with van der Waals surface area (Å²) in [6.07, 6.45) is 2.42. The molecule has 3 aromatic rings. The number of oxazole rings is 1. The van der Waals surface area contributed by atoms with Crippen molar-refractivity contribution in [2.75, 3.05) is 0 Å². The summed E-state index contributed by atoms with van der Waals surface area (Å²) in [6, 6.07) is 7.81. The Morgan fingerprint density at radius 2 is 2.10 bits per heavy atom. The highest BCUT2D eigenvalue weighted by atomic mass is 16.3. The largest absolute Gasteiger partial charge is 0.441 e. The number of fused-ring (bicyclic) bond motifs is 1. The molecule has 2 heterocycles. The van der Waals surface area contributed by atoms with Gasteiger partial charge >= 0.3 is 0 Å². The first kappa shape index (κ1) is 12.7. The molecule has 0 saturated heterocycles. The van der Waals surface area contributed by atoms with Crippen LogP contribution in [-0.2, 0) is 6.42 Å². The maximum Gasteiger partial charge on any atom is 0.192 e. The average Bonchev–Trinajstić information content (AvgIpc) is 2.77. The molecule has 1 atom stereocenters. The van der Waals surface area contributed by atoms with Gasteiger partial charge in [-0.1, -0.05) is 6.07 Å². The van der Waals surface area contributed by atoms with Crippen LogP contribution in [0, 0.1) is 6.92 Å². The van der Waals surface area contributed by atoms with Gasteiger partial charge in [0.1, 0.15) is 11.3 Å². The zero-order chi connectivity index (χ0) is 14.1. The van der Waals surface area contributed by atoms with Crippen molar-refractivity contribution in [3.05, 3.63) is 42.2 Å². The second-order valence-corrected chi connectivity index (χ2v) is 4.95. The number of aromatic nitrogens is 3. The Bertz CT molecular complexity index is 748. The Kier molecular flexibility index (Phi) is 3.20. The van der Waals surface area contributed by atoms with Crippen LogP contribution in [0.15, 0.2) is 34.9 Å². The van der Waals surface area contributed by atoms with Crippen LogP contribution in [0.2, 0.25) is 0 Å². The summed E-state index contributed by atoms with van der Waals surface area (Å²) < 4.78 is 5.55. The second kappa shape index (κ2) is 5.02. The van der Waals surface area contributed by atoms with E-state index in [9.17, 15) is 0 Å². The number of hydrogen-bond acceptors (Lipinski definition) is 5. The highest BCUT2D eigenvalue weighted by Crippen LogP contribution is 2.23. The van der Waals surface area contributed by atoms with Gasteiger partial charge in [0.2, 0.25) is 0 Å². The minimum absolute atomic E-state index is 0.0460. The van der Waals surface area contributed by atoms with Gasteiger partial charge in [-0.05, 0) is 25.1 Å². The molecule has 0 amide bonds. The third kappa shape index (κ3) is 2.53. The molecule has 0 aliphatic rings. The standard InChI is InChI=1S/C15H16N4O/c1-9(16)7-15-17-6-5-12(19-15)11-3-4-13-14(8-11)20-10(2)18-13/h3-6,8-9H,7,16H2,1-2H3. The molecule has 0 aliphatic carbocycles. The minimum atomic E-state index is 0.0460. The lowest BCUT2D eigenvalue weighted by molar-refractivity contribution is 0.561. The summed E-state index contributed by atoms with van der Waals surface area (Å²) in [7, 11) is 0. The fraction of sp³-hybridized carbons (Fsp3) is 0.267. The molecule has 5 nitrogen and oxygen atoms in total. The van der Waals surface area contributed by atoms with E-state index in [0.717, 1.165) is 28.2 Å². The Balaban J connectivity index is 2.01. The number of nitrogens with zero attached hydrogens (tertiary/aromatic N) is 3. The van der Waals surface area contributed by atoms with Crippen molar-refractivity contribution in [3.63, 3.8) is 0 Å². The molecule has 5 heteroatoms. The molecule has 0 saturated carbocycles. The van der Waals surface area contributed by atoms with Crippen molar-refractivity contribution >= 4 is 11.1 Å². The van der Waals surface area contributed by atoms with Crippen molar-refractivity contribution in [2.45, 2.75) is 26.3 Å². The van der Waals surface area contributed by atoms with Gasteiger partial charge in [-0.2, -0.15) is 0 Å². The molecule has 1 aromatic carbocycles. The number of nitrogens with two attached hydrogens (primary N) is 1. The Morgan fingerprint density at radius 3 is 2.90 bits per heavy atom. The summed E-state index contributed by atoms with van der Waals surface area (Å²) >= 11 is 0. The van der Waals surface area contributed by atoms with Crippen LogP contribution < -0.4 is 5.73 Å². The molecular weight excluding hydrogens is 252 g/mol. The fourth-order valence-corrected chi connectivity index (χ4v) is 2.15. The molecule has 102 valence electrons. The predicted octanol–water partition coefficient (Wildman–Crippen LogP) is 2.48. The highest BCUT2D eigenvalue weighted by Gasteiger charge is 2.08. The first-order chi connectivity index (χ1) is 9.61. The van der Waals surface area contributed by atoms with Gasteiger partial charge in [0, 0.05) is 31.1 Å². The lowest BCUT2D eigenvalue weighted by Crippen LogP contribution is -2.19. The molecule has 20 heavy (non-hydrogen) atoms. The van der Waals surface area contributed by atoms with Gasteiger partial charge in [-0.25, -0.2) is 15.0 Å². The number of benzene rings is 1. The van der Waals surface area contributed by atoms with Crippen LogP contribution in [0.5, 0.6) is 0 Å². The van der Waals surface area contributed by atoms with Crippen LogP contribution in [0.4, 0.5) is 0 Å². The quantitative estimate of drug-likeness (QED) is 0.789. The predicted molar refractivity (Wildman–Crippen MR) is 77.1 cm³/mol. The maximum atomic E-state index is 5.79. The summed E-state index contributed by atoms with van der Waals surface area (Å²) in [6.45, 7) is 3.78. The van der Waals surface area contributed by atoms with E-state index in [0.29, 0.717) is 12.3 Å². The van der Waals surface area contributed by atoms with Crippen LogP contribution in [-0.4, -0.2) is 21.0 Å². The van der Waals surface area contributed by atoms with E-state index in [1.807, 2.05) is 38.1 Å². The number of aryl methyl sites for hydroxylation is 1. The molecule has 0 spiro atoms. The molecule has 0 aliphatic heterocycles. The molecule has 1 unspecified atom stereocenters. The summed E-state index contributed by atoms with van der Waals surface area (Å²) in [5.74, 6) is 1.42. The van der Waals surface area contributed by atoms with Crippen LogP contribution in [0.25, 0.3) is 22.4 Å². The zero-order valence-electron chi connectivity index (χ0n) is 11.5. The topological polar surface area (TPSA) is 77.8 Å². The lowest BCUT2D eigenvalue weighted by atomic mass is 10.1.